The second-order valence-corrected chi connectivity index (χ2v) is 5.21. The monoisotopic (exact) mass is 307 g/mol. The third kappa shape index (κ3) is 4.68. The third-order valence-corrected chi connectivity index (χ3v) is 3.64. The first-order chi connectivity index (χ1) is 10.1. The number of carboxylic acid groups (broad SMARTS) is 1. The van der Waals surface area contributed by atoms with Crippen LogP contribution in [0.4, 0.5) is 4.39 Å². The quantitative estimate of drug-likeness (QED) is 0.830. The van der Waals surface area contributed by atoms with Crippen LogP contribution in [0.25, 0.3) is 6.08 Å². The molecule has 1 aromatic heterocycles. The average molecular weight is 307 g/mol. The summed E-state index contributed by atoms with van der Waals surface area (Å²) in [5.74, 6) is -1.23. The van der Waals surface area contributed by atoms with Crippen LogP contribution in [0.15, 0.2) is 29.7 Å². The molecule has 0 aliphatic heterocycles. The van der Waals surface area contributed by atoms with E-state index in [0.29, 0.717) is 11.3 Å². The first-order valence-corrected chi connectivity index (χ1v) is 7.22. The minimum Gasteiger partial charge on any atom is -0.487 e. The van der Waals surface area contributed by atoms with Crippen LogP contribution < -0.4 is 4.74 Å². The fourth-order valence-electron chi connectivity index (χ4n) is 1.67. The van der Waals surface area contributed by atoms with E-state index in [1.807, 2.05) is 12.3 Å². The summed E-state index contributed by atoms with van der Waals surface area (Å²) in [6.07, 6.45) is 3.14. The number of rotatable bonds is 6. The van der Waals surface area contributed by atoms with Crippen molar-refractivity contribution >= 4 is 23.4 Å². The normalized spacial score (nSPS) is 11.0. The van der Waals surface area contributed by atoms with Crippen LogP contribution in [0.3, 0.4) is 0 Å². The molecule has 0 spiro atoms. The number of carboxylic acids is 1. The average Bonchev–Trinajstić information content (AvgIpc) is 2.90. The van der Waals surface area contributed by atoms with Gasteiger partial charge in [0.2, 0.25) is 0 Å². The van der Waals surface area contributed by atoms with Crippen molar-refractivity contribution in [2.45, 2.75) is 20.0 Å². The number of thiazole rings is 1. The van der Waals surface area contributed by atoms with Crippen LogP contribution >= 0.6 is 11.3 Å². The molecule has 0 bridgehead atoms. The first-order valence-electron chi connectivity index (χ1n) is 6.34. The summed E-state index contributed by atoms with van der Waals surface area (Å²) in [6, 6.07) is 4.07. The number of nitrogens with zero attached hydrogens (tertiary/aromatic N) is 1. The van der Waals surface area contributed by atoms with E-state index in [2.05, 4.69) is 4.98 Å². The van der Waals surface area contributed by atoms with E-state index in [0.717, 1.165) is 23.2 Å². The van der Waals surface area contributed by atoms with Gasteiger partial charge in [0.15, 0.2) is 0 Å². The Labute approximate surface area is 125 Å². The van der Waals surface area contributed by atoms with Gasteiger partial charge in [-0.25, -0.2) is 14.2 Å². The SMILES string of the molecule is CCc1nc(COc2cc(F)cc(/C=C/C(=O)O)c2)cs1. The van der Waals surface area contributed by atoms with Crippen LogP contribution in [-0.4, -0.2) is 16.1 Å². The Morgan fingerprint density at radius 2 is 2.29 bits per heavy atom. The number of hydrogen-bond acceptors (Lipinski definition) is 4. The number of benzene rings is 1. The molecule has 0 amide bonds. The van der Waals surface area contributed by atoms with Gasteiger partial charge in [-0.05, 0) is 30.2 Å². The zero-order valence-corrected chi connectivity index (χ0v) is 12.2. The molecule has 1 aromatic carbocycles. The van der Waals surface area contributed by atoms with Crippen molar-refractivity contribution in [1.29, 1.82) is 0 Å². The maximum atomic E-state index is 13.5. The van der Waals surface area contributed by atoms with E-state index in [-0.39, 0.29) is 6.61 Å². The highest BCUT2D eigenvalue weighted by molar-refractivity contribution is 7.09. The Balaban J connectivity index is 2.07. The van der Waals surface area contributed by atoms with Gasteiger partial charge in [0.25, 0.3) is 0 Å². The van der Waals surface area contributed by atoms with Crippen molar-refractivity contribution in [2.75, 3.05) is 0 Å². The molecule has 1 N–H and O–H groups in total. The number of hydrogen-bond donors (Lipinski definition) is 1. The van der Waals surface area contributed by atoms with Crippen LogP contribution in [0.1, 0.15) is 23.2 Å². The van der Waals surface area contributed by atoms with Crippen molar-refractivity contribution in [3.8, 4) is 5.75 Å². The van der Waals surface area contributed by atoms with Gasteiger partial charge in [0.1, 0.15) is 18.2 Å². The summed E-state index contributed by atoms with van der Waals surface area (Å²) in [6.45, 7) is 2.28. The predicted molar refractivity (Wildman–Crippen MR) is 78.9 cm³/mol. The summed E-state index contributed by atoms with van der Waals surface area (Å²) in [7, 11) is 0. The molecule has 110 valence electrons. The van der Waals surface area contributed by atoms with E-state index in [4.69, 9.17) is 9.84 Å². The van der Waals surface area contributed by atoms with E-state index in [1.54, 1.807) is 17.4 Å². The number of aromatic nitrogens is 1. The molecule has 4 nitrogen and oxygen atoms in total. The molecule has 0 saturated heterocycles. The highest BCUT2D eigenvalue weighted by Gasteiger charge is 2.04. The van der Waals surface area contributed by atoms with E-state index in [9.17, 15) is 9.18 Å². The topological polar surface area (TPSA) is 59.4 Å². The maximum absolute atomic E-state index is 13.5. The van der Waals surface area contributed by atoms with Gasteiger partial charge in [0.05, 0.1) is 10.7 Å². The largest absolute Gasteiger partial charge is 0.487 e. The zero-order chi connectivity index (χ0) is 15.2. The third-order valence-electron chi connectivity index (χ3n) is 2.60. The Morgan fingerprint density at radius 3 is 2.95 bits per heavy atom. The summed E-state index contributed by atoms with van der Waals surface area (Å²) < 4.78 is 19.0. The predicted octanol–water partition coefficient (Wildman–Crippen LogP) is 3.52. The van der Waals surface area contributed by atoms with Crippen LogP contribution in [0.5, 0.6) is 5.75 Å². The summed E-state index contributed by atoms with van der Waals surface area (Å²) >= 11 is 1.56. The Bertz CT molecular complexity index is 667. The van der Waals surface area contributed by atoms with Gasteiger partial charge in [-0.3, -0.25) is 0 Å². The van der Waals surface area contributed by atoms with Crippen molar-refractivity contribution in [2.24, 2.45) is 0 Å². The van der Waals surface area contributed by atoms with Crippen molar-refractivity contribution in [3.05, 3.63) is 51.7 Å². The molecule has 0 radical (unpaired) electrons. The number of ether oxygens (including phenoxy) is 1. The van der Waals surface area contributed by atoms with Gasteiger partial charge in [-0.1, -0.05) is 6.92 Å². The fourth-order valence-corrected chi connectivity index (χ4v) is 2.40. The molecule has 2 aromatic rings. The van der Waals surface area contributed by atoms with Gasteiger partial charge in [-0.15, -0.1) is 11.3 Å². The lowest BCUT2D eigenvalue weighted by Gasteiger charge is -2.05. The number of aliphatic carboxylic acids is 1. The van der Waals surface area contributed by atoms with Crippen LogP contribution in [-0.2, 0) is 17.8 Å². The molecule has 1 heterocycles. The lowest BCUT2D eigenvalue weighted by molar-refractivity contribution is -0.131. The Kier molecular flexibility index (Phi) is 5.05. The maximum Gasteiger partial charge on any atom is 0.328 e. The molecule has 0 unspecified atom stereocenters. The molecule has 0 atom stereocenters. The van der Waals surface area contributed by atoms with Gasteiger partial charge in [-0.2, -0.15) is 0 Å². The Morgan fingerprint density at radius 1 is 1.48 bits per heavy atom. The minimum absolute atomic E-state index is 0.252. The Hall–Kier alpha value is -2.21. The molecule has 0 saturated carbocycles. The second kappa shape index (κ2) is 6.99. The lowest BCUT2D eigenvalue weighted by Crippen LogP contribution is -1.97. The van der Waals surface area contributed by atoms with E-state index >= 15 is 0 Å². The summed E-state index contributed by atoms with van der Waals surface area (Å²) in [5.41, 5.74) is 1.23. The van der Waals surface area contributed by atoms with E-state index < -0.39 is 11.8 Å². The van der Waals surface area contributed by atoms with Crippen molar-refractivity contribution in [3.63, 3.8) is 0 Å². The van der Waals surface area contributed by atoms with Crippen molar-refractivity contribution in [1.82, 2.24) is 4.98 Å². The smallest absolute Gasteiger partial charge is 0.328 e. The standard InChI is InChI=1S/C15H14FNO3S/c1-2-14-17-12(9-21-14)8-20-13-6-10(3-4-15(18)19)5-11(16)7-13/h3-7,9H,2,8H2,1H3,(H,18,19)/b4-3+. The van der Waals surface area contributed by atoms with Gasteiger partial charge in [0, 0.05) is 17.5 Å². The van der Waals surface area contributed by atoms with Crippen molar-refractivity contribution < 1.29 is 19.0 Å². The number of aryl methyl sites for hydroxylation is 1. The summed E-state index contributed by atoms with van der Waals surface area (Å²) in [4.78, 5) is 14.8. The van der Waals surface area contributed by atoms with Crippen LogP contribution in [0.2, 0.25) is 0 Å². The molecular formula is C15H14FNO3S. The van der Waals surface area contributed by atoms with Gasteiger partial charge < -0.3 is 9.84 Å². The molecule has 2 rings (SSSR count). The second-order valence-electron chi connectivity index (χ2n) is 4.27. The molecule has 6 heteroatoms. The molecular weight excluding hydrogens is 293 g/mol. The first kappa shape index (κ1) is 15.2. The molecule has 0 aliphatic rings. The summed E-state index contributed by atoms with van der Waals surface area (Å²) in [5, 5.41) is 11.5. The minimum atomic E-state index is -1.09. The number of halogens is 1. The fraction of sp³-hybridized carbons (Fsp3) is 0.200. The molecule has 21 heavy (non-hydrogen) atoms. The van der Waals surface area contributed by atoms with Gasteiger partial charge >= 0.3 is 5.97 Å². The highest BCUT2D eigenvalue weighted by Crippen LogP contribution is 2.19. The lowest BCUT2D eigenvalue weighted by atomic mass is 10.2. The van der Waals surface area contributed by atoms with Crippen LogP contribution in [0, 0.1) is 5.82 Å². The molecule has 0 aliphatic carbocycles. The highest BCUT2D eigenvalue weighted by atomic mass is 32.1. The zero-order valence-electron chi connectivity index (χ0n) is 11.4. The number of carbonyl (C=O) groups is 1. The molecule has 0 fully saturated rings. The van der Waals surface area contributed by atoms with E-state index in [1.165, 1.54) is 18.2 Å².